The zero-order chi connectivity index (χ0) is 11.3. The molecule has 0 aliphatic rings. The summed E-state index contributed by atoms with van der Waals surface area (Å²) >= 11 is 9.02. The van der Waals surface area contributed by atoms with Crippen molar-refractivity contribution in [3.8, 4) is 0 Å². The Morgan fingerprint density at radius 3 is 3.00 bits per heavy atom. The van der Waals surface area contributed by atoms with Gasteiger partial charge in [0.2, 0.25) is 0 Å². The number of halogens is 3. The van der Waals surface area contributed by atoms with Crippen LogP contribution in [-0.4, -0.2) is 19.6 Å². The first-order valence-electron chi connectivity index (χ1n) is 4.31. The number of hydrogen-bond acceptors (Lipinski definition) is 3. The van der Waals surface area contributed by atoms with Gasteiger partial charge in [-0.1, -0.05) is 11.6 Å². The number of benzene rings is 1. The zero-order valence-corrected chi connectivity index (χ0v) is 10.00. The summed E-state index contributed by atoms with van der Waals surface area (Å²) in [7, 11) is 0. The number of hydrogen-bond donors (Lipinski definition) is 0. The highest BCUT2D eigenvalue weighted by atomic mass is 79.9. The number of nitrogens with zero attached hydrogens (tertiary/aromatic N) is 4. The van der Waals surface area contributed by atoms with Crippen LogP contribution in [0.4, 0.5) is 4.39 Å². The Kier molecular flexibility index (Phi) is 2.08. The molecule has 2 aromatic heterocycles. The van der Waals surface area contributed by atoms with Gasteiger partial charge in [-0.05, 0) is 22.0 Å². The van der Waals surface area contributed by atoms with Gasteiger partial charge in [0.15, 0.2) is 10.8 Å². The topological polar surface area (TPSA) is 43.1 Å². The highest BCUT2D eigenvalue weighted by Crippen LogP contribution is 2.25. The van der Waals surface area contributed by atoms with Crippen molar-refractivity contribution >= 4 is 44.2 Å². The molecule has 7 heteroatoms. The molecular formula is C9H3BrClFN4. The maximum atomic E-state index is 13.4. The molecule has 3 rings (SSSR count). The summed E-state index contributed by atoms with van der Waals surface area (Å²) in [6.45, 7) is 0. The van der Waals surface area contributed by atoms with Crippen LogP contribution in [0.3, 0.4) is 0 Å². The third kappa shape index (κ3) is 1.30. The smallest absolute Gasteiger partial charge is 0.198 e. The predicted octanol–water partition coefficient (Wildman–Crippen LogP) is 2.83. The minimum absolute atomic E-state index is 0.239. The Morgan fingerprint density at radius 2 is 2.19 bits per heavy atom. The van der Waals surface area contributed by atoms with Crippen LogP contribution in [0.15, 0.2) is 22.9 Å². The molecular weight excluding hydrogens is 298 g/mol. The van der Waals surface area contributed by atoms with Crippen LogP contribution in [0.5, 0.6) is 0 Å². The van der Waals surface area contributed by atoms with Crippen molar-refractivity contribution < 1.29 is 4.39 Å². The first kappa shape index (κ1) is 9.92. The van der Waals surface area contributed by atoms with Gasteiger partial charge in [0.1, 0.15) is 12.1 Å². The lowest BCUT2D eigenvalue weighted by Gasteiger charge is -2.03. The molecule has 0 spiro atoms. The summed E-state index contributed by atoms with van der Waals surface area (Å²) in [6.07, 6.45) is 1.47. The van der Waals surface area contributed by atoms with Gasteiger partial charge < -0.3 is 0 Å². The quantitative estimate of drug-likeness (QED) is 0.641. The summed E-state index contributed by atoms with van der Waals surface area (Å²) in [5.74, 6) is -0.369. The molecule has 0 radical (unpaired) electrons. The largest absolute Gasteiger partial charge is 0.277 e. The monoisotopic (exact) mass is 300 g/mol. The second kappa shape index (κ2) is 3.36. The molecule has 0 fully saturated rings. The summed E-state index contributed by atoms with van der Waals surface area (Å²) < 4.78 is 15.4. The highest BCUT2D eigenvalue weighted by molar-refractivity contribution is 9.10. The molecule has 0 atom stereocenters. The van der Waals surface area contributed by atoms with Crippen LogP contribution in [-0.2, 0) is 0 Å². The molecule has 0 unspecified atom stereocenters. The summed E-state index contributed by atoms with van der Waals surface area (Å²) in [4.78, 5) is 4.12. The fourth-order valence-corrected chi connectivity index (χ4v) is 2.07. The average Bonchev–Trinajstić information content (AvgIpc) is 2.71. The van der Waals surface area contributed by atoms with Crippen molar-refractivity contribution in [2.75, 3.05) is 0 Å². The molecule has 0 saturated carbocycles. The van der Waals surface area contributed by atoms with E-state index in [1.165, 1.54) is 12.4 Å². The van der Waals surface area contributed by atoms with E-state index < -0.39 is 0 Å². The molecule has 0 aliphatic heterocycles. The van der Waals surface area contributed by atoms with E-state index in [0.29, 0.717) is 21.2 Å². The molecule has 0 amide bonds. The van der Waals surface area contributed by atoms with Gasteiger partial charge in [-0.3, -0.25) is 4.40 Å². The summed E-state index contributed by atoms with van der Waals surface area (Å²) in [5.41, 5.74) is 1.56. The lowest BCUT2D eigenvalue weighted by atomic mass is 10.3. The maximum Gasteiger partial charge on any atom is 0.198 e. The Morgan fingerprint density at radius 1 is 1.38 bits per heavy atom. The van der Waals surface area contributed by atoms with Gasteiger partial charge in [-0.25, -0.2) is 9.37 Å². The van der Waals surface area contributed by atoms with Crippen LogP contribution >= 0.6 is 27.5 Å². The van der Waals surface area contributed by atoms with E-state index in [9.17, 15) is 4.39 Å². The molecule has 0 bridgehead atoms. The van der Waals surface area contributed by atoms with Crippen LogP contribution in [0.25, 0.3) is 16.7 Å². The SMILES string of the molecule is Fc1cc2c(cc1Br)nc(Cl)c1nncn12. The lowest BCUT2D eigenvalue weighted by molar-refractivity contribution is 0.622. The average molecular weight is 302 g/mol. The minimum atomic E-state index is -0.369. The fraction of sp³-hybridized carbons (Fsp3) is 0. The van der Waals surface area contributed by atoms with Crippen molar-refractivity contribution in [3.05, 3.63) is 33.9 Å². The minimum Gasteiger partial charge on any atom is -0.277 e. The standard InChI is InChI=1S/C9H3BrClFN4/c10-4-1-6-7(2-5(4)12)16-3-13-15-9(16)8(11)14-6/h1-3H. The van der Waals surface area contributed by atoms with Crippen molar-refractivity contribution in [2.24, 2.45) is 0 Å². The van der Waals surface area contributed by atoms with Crippen molar-refractivity contribution in [3.63, 3.8) is 0 Å². The second-order valence-corrected chi connectivity index (χ2v) is 4.39. The molecule has 4 nitrogen and oxygen atoms in total. The first-order chi connectivity index (χ1) is 7.66. The van der Waals surface area contributed by atoms with E-state index in [0.717, 1.165) is 0 Å². The Balaban J connectivity index is 2.59. The summed E-state index contributed by atoms with van der Waals surface area (Å²) in [6, 6.07) is 2.93. The third-order valence-electron chi connectivity index (χ3n) is 2.23. The lowest BCUT2D eigenvalue weighted by Crippen LogP contribution is -1.93. The van der Waals surface area contributed by atoms with E-state index >= 15 is 0 Å². The molecule has 1 aromatic carbocycles. The van der Waals surface area contributed by atoms with Gasteiger partial charge in [0, 0.05) is 6.07 Å². The molecule has 2 heterocycles. The van der Waals surface area contributed by atoms with E-state index in [4.69, 9.17) is 11.6 Å². The third-order valence-corrected chi connectivity index (χ3v) is 3.09. The van der Waals surface area contributed by atoms with E-state index in [2.05, 4.69) is 31.1 Å². The predicted molar refractivity (Wildman–Crippen MR) is 61.0 cm³/mol. The summed E-state index contributed by atoms with van der Waals surface area (Å²) in [5, 5.41) is 7.76. The molecule has 0 aliphatic carbocycles. The van der Waals surface area contributed by atoms with E-state index in [1.807, 2.05) is 0 Å². The van der Waals surface area contributed by atoms with E-state index in [-0.39, 0.29) is 11.0 Å². The Labute approximate surface area is 102 Å². The Bertz CT molecular complexity index is 711. The van der Waals surface area contributed by atoms with Gasteiger partial charge in [-0.2, -0.15) is 0 Å². The molecule has 0 saturated heterocycles. The van der Waals surface area contributed by atoms with Gasteiger partial charge >= 0.3 is 0 Å². The normalized spacial score (nSPS) is 11.4. The maximum absolute atomic E-state index is 13.4. The highest BCUT2D eigenvalue weighted by Gasteiger charge is 2.10. The van der Waals surface area contributed by atoms with Crippen LogP contribution in [0.2, 0.25) is 5.15 Å². The number of rotatable bonds is 0. The number of fused-ring (bicyclic) bond motifs is 3. The molecule has 16 heavy (non-hydrogen) atoms. The van der Waals surface area contributed by atoms with Crippen LogP contribution in [0, 0.1) is 5.82 Å². The van der Waals surface area contributed by atoms with Crippen molar-refractivity contribution in [1.29, 1.82) is 0 Å². The van der Waals surface area contributed by atoms with Gasteiger partial charge in [-0.15, -0.1) is 10.2 Å². The zero-order valence-electron chi connectivity index (χ0n) is 7.65. The van der Waals surface area contributed by atoms with Gasteiger partial charge in [0.25, 0.3) is 0 Å². The van der Waals surface area contributed by atoms with Crippen molar-refractivity contribution in [2.45, 2.75) is 0 Å². The fourth-order valence-electron chi connectivity index (χ4n) is 1.52. The Hall–Kier alpha value is -1.27. The van der Waals surface area contributed by atoms with Crippen molar-refractivity contribution in [1.82, 2.24) is 19.6 Å². The first-order valence-corrected chi connectivity index (χ1v) is 5.48. The van der Waals surface area contributed by atoms with E-state index in [1.54, 1.807) is 10.5 Å². The molecule has 3 aromatic rings. The molecule has 0 N–H and O–H groups in total. The van der Waals surface area contributed by atoms with Crippen LogP contribution < -0.4 is 0 Å². The van der Waals surface area contributed by atoms with Gasteiger partial charge in [0.05, 0.1) is 15.5 Å². The van der Waals surface area contributed by atoms with Crippen LogP contribution in [0.1, 0.15) is 0 Å². The number of aromatic nitrogens is 4. The molecule has 80 valence electrons. The second-order valence-electron chi connectivity index (χ2n) is 3.18.